The lowest BCUT2D eigenvalue weighted by Crippen LogP contribution is -2.59. The van der Waals surface area contributed by atoms with E-state index in [1.807, 2.05) is 13.0 Å². The first-order chi connectivity index (χ1) is 14.7. The highest BCUT2D eigenvalue weighted by Gasteiger charge is 2.51. The molecule has 0 N–H and O–H groups in total. The molecular weight excluding hydrogens is 398 g/mol. The van der Waals surface area contributed by atoms with Gasteiger partial charge < -0.3 is 23.7 Å². The van der Waals surface area contributed by atoms with Crippen molar-refractivity contribution in [3.8, 4) is 0 Å². The zero-order chi connectivity index (χ0) is 22.6. The summed E-state index contributed by atoms with van der Waals surface area (Å²) in [5.41, 5.74) is -0.198. The van der Waals surface area contributed by atoms with E-state index in [1.54, 1.807) is 6.92 Å². The quantitative estimate of drug-likeness (QED) is 0.448. The van der Waals surface area contributed by atoms with Crippen LogP contribution in [-0.2, 0) is 28.5 Å². The minimum atomic E-state index is -0.771. The number of rotatable bonds is 7. The van der Waals surface area contributed by atoms with Crippen molar-refractivity contribution in [2.45, 2.75) is 59.8 Å². The molecule has 2 saturated heterocycles. The largest absolute Gasteiger partial charge is 0.463 e. The van der Waals surface area contributed by atoms with Crippen molar-refractivity contribution >= 4 is 12.3 Å². The summed E-state index contributed by atoms with van der Waals surface area (Å²) in [5.74, 6) is -0.341. The van der Waals surface area contributed by atoms with Gasteiger partial charge in [-0.15, -0.1) is 0 Å². The fourth-order valence-corrected chi connectivity index (χ4v) is 5.37. The minimum absolute atomic E-state index is 0.0119. The molecule has 1 aliphatic carbocycles. The van der Waals surface area contributed by atoms with Gasteiger partial charge in [-0.25, -0.2) is 4.79 Å². The Labute approximate surface area is 186 Å². The van der Waals surface area contributed by atoms with Crippen molar-refractivity contribution in [2.24, 2.45) is 22.7 Å². The van der Waals surface area contributed by atoms with Crippen molar-refractivity contribution in [1.82, 2.24) is 4.90 Å². The number of carbonyl (C=O) groups excluding carboxylic acids is 2. The van der Waals surface area contributed by atoms with Crippen LogP contribution in [0.3, 0.4) is 0 Å². The number of carbonyl (C=O) groups is 2. The molecule has 7 nitrogen and oxygen atoms in total. The fraction of sp³-hybridized carbons (Fsp3) is 0.833. The summed E-state index contributed by atoms with van der Waals surface area (Å²) in [7, 11) is 0. The van der Waals surface area contributed by atoms with E-state index in [2.05, 4.69) is 25.7 Å². The molecule has 176 valence electrons. The monoisotopic (exact) mass is 437 g/mol. The summed E-state index contributed by atoms with van der Waals surface area (Å²) in [5, 5.41) is 0. The lowest BCUT2D eigenvalue weighted by molar-refractivity contribution is -0.229. The molecule has 3 rings (SSSR count). The number of ether oxygens (including phenoxy) is 4. The number of esters is 1. The summed E-state index contributed by atoms with van der Waals surface area (Å²) < 4.78 is 23.0. The summed E-state index contributed by atoms with van der Waals surface area (Å²) in [4.78, 5) is 27.7. The molecular formula is C24H39NO6. The molecule has 0 spiro atoms. The molecule has 0 aromatic rings. The van der Waals surface area contributed by atoms with Crippen LogP contribution < -0.4 is 0 Å². The van der Waals surface area contributed by atoms with Gasteiger partial charge in [-0.2, -0.15) is 0 Å². The lowest BCUT2D eigenvalue weighted by Gasteiger charge is -2.51. The number of nitrogens with zero attached hydrogens (tertiary/aromatic N) is 1. The van der Waals surface area contributed by atoms with Crippen LogP contribution in [0.5, 0.6) is 0 Å². The molecule has 0 aromatic carbocycles. The maximum Gasteiger partial charge on any atom is 0.333 e. The third-order valence-electron chi connectivity index (χ3n) is 6.87. The van der Waals surface area contributed by atoms with Crippen LogP contribution in [0.1, 0.15) is 47.5 Å². The predicted octanol–water partition coefficient (Wildman–Crippen LogP) is 2.83. The Morgan fingerprint density at radius 2 is 1.84 bits per heavy atom. The molecule has 2 aliphatic heterocycles. The second-order valence-electron chi connectivity index (χ2n) is 10.0. The first-order valence-corrected chi connectivity index (χ1v) is 11.7. The van der Waals surface area contributed by atoms with Gasteiger partial charge in [0, 0.05) is 36.5 Å². The third kappa shape index (κ3) is 5.38. The van der Waals surface area contributed by atoms with Gasteiger partial charge in [0.25, 0.3) is 0 Å². The smallest absolute Gasteiger partial charge is 0.333 e. The first-order valence-electron chi connectivity index (χ1n) is 11.7. The molecule has 2 fully saturated rings. The number of hydrogen-bond acceptors (Lipinski definition) is 7. The highest BCUT2D eigenvalue weighted by molar-refractivity contribution is 5.90. The summed E-state index contributed by atoms with van der Waals surface area (Å²) in [6.07, 6.45) is 3.92. The van der Waals surface area contributed by atoms with Gasteiger partial charge in [0.2, 0.25) is 0 Å². The summed E-state index contributed by atoms with van der Waals surface area (Å²) in [6.45, 7) is 14.5. The van der Waals surface area contributed by atoms with Crippen LogP contribution in [0.15, 0.2) is 11.6 Å². The summed E-state index contributed by atoms with van der Waals surface area (Å²) >= 11 is 0. The van der Waals surface area contributed by atoms with Crippen LogP contribution in [-0.4, -0.2) is 75.6 Å². The average molecular weight is 438 g/mol. The fourth-order valence-electron chi connectivity index (χ4n) is 5.37. The van der Waals surface area contributed by atoms with E-state index in [1.165, 1.54) is 0 Å². The molecule has 4 atom stereocenters. The predicted molar refractivity (Wildman–Crippen MR) is 116 cm³/mol. The standard InChI is InChI=1S/C24H39NO6/c1-6-17-18(12-20-30-15-23(3,4)16-31-20)19(22(27)29-7-2)13-24(5,14-26)21(17)25-8-10-28-11-9-25/h13-14,17-18,20-21H,6-12,15-16H2,1-5H3/t17-,18-,21+,24-/m0/s1. The van der Waals surface area contributed by atoms with Crippen LogP contribution >= 0.6 is 0 Å². The Bertz CT molecular complexity index is 661. The van der Waals surface area contributed by atoms with Gasteiger partial charge in [0.15, 0.2) is 6.29 Å². The second-order valence-corrected chi connectivity index (χ2v) is 10.0. The van der Waals surface area contributed by atoms with E-state index in [0.29, 0.717) is 45.0 Å². The van der Waals surface area contributed by atoms with Gasteiger partial charge in [-0.05, 0) is 25.7 Å². The van der Waals surface area contributed by atoms with E-state index in [-0.39, 0.29) is 35.6 Å². The third-order valence-corrected chi connectivity index (χ3v) is 6.87. The Balaban J connectivity index is 1.95. The van der Waals surface area contributed by atoms with Crippen LogP contribution in [0.4, 0.5) is 0 Å². The van der Waals surface area contributed by atoms with Crippen LogP contribution in [0.25, 0.3) is 0 Å². The average Bonchev–Trinajstić information content (AvgIpc) is 2.76. The Kier molecular flexibility index (Phi) is 7.95. The maximum atomic E-state index is 13.0. The Morgan fingerprint density at radius 3 is 2.39 bits per heavy atom. The normalized spacial score (nSPS) is 34.7. The van der Waals surface area contributed by atoms with Crippen molar-refractivity contribution in [3.05, 3.63) is 11.6 Å². The van der Waals surface area contributed by atoms with E-state index in [4.69, 9.17) is 18.9 Å². The molecule has 0 unspecified atom stereocenters. The van der Waals surface area contributed by atoms with E-state index in [0.717, 1.165) is 25.8 Å². The number of aldehydes is 1. The SMILES string of the molecule is CCOC(=O)C1=C[C@@](C)(C=O)[C@H](N2CCOCC2)[C@@H](CC)[C@@H]1CC1OCC(C)(C)CO1. The molecule has 31 heavy (non-hydrogen) atoms. The van der Waals surface area contributed by atoms with Crippen molar-refractivity contribution in [1.29, 1.82) is 0 Å². The molecule has 0 saturated carbocycles. The van der Waals surface area contributed by atoms with Crippen LogP contribution in [0, 0.1) is 22.7 Å². The van der Waals surface area contributed by atoms with Crippen molar-refractivity contribution in [3.63, 3.8) is 0 Å². The molecule has 7 heteroatoms. The maximum absolute atomic E-state index is 13.0. The van der Waals surface area contributed by atoms with Crippen LogP contribution in [0.2, 0.25) is 0 Å². The summed E-state index contributed by atoms with van der Waals surface area (Å²) in [6, 6.07) is -0.0119. The van der Waals surface area contributed by atoms with Gasteiger partial charge >= 0.3 is 5.97 Å². The van der Waals surface area contributed by atoms with E-state index >= 15 is 0 Å². The van der Waals surface area contributed by atoms with Crippen molar-refractivity contribution in [2.75, 3.05) is 46.1 Å². The lowest BCUT2D eigenvalue weighted by atomic mass is 9.62. The highest BCUT2D eigenvalue weighted by Crippen LogP contribution is 2.47. The van der Waals surface area contributed by atoms with Gasteiger partial charge in [-0.1, -0.05) is 33.3 Å². The molecule has 2 heterocycles. The minimum Gasteiger partial charge on any atom is -0.463 e. The number of morpholine rings is 1. The second kappa shape index (κ2) is 10.1. The molecule has 0 aromatic heterocycles. The Hall–Kier alpha value is -1.28. The zero-order valence-electron chi connectivity index (χ0n) is 19.7. The first kappa shape index (κ1) is 24.4. The van der Waals surface area contributed by atoms with Gasteiger partial charge in [0.1, 0.15) is 6.29 Å². The van der Waals surface area contributed by atoms with E-state index < -0.39 is 5.41 Å². The van der Waals surface area contributed by atoms with Crippen molar-refractivity contribution < 1.29 is 28.5 Å². The molecule has 3 aliphatic rings. The zero-order valence-corrected chi connectivity index (χ0v) is 19.7. The van der Waals surface area contributed by atoms with E-state index in [9.17, 15) is 9.59 Å². The van der Waals surface area contributed by atoms with Gasteiger partial charge in [0.05, 0.1) is 38.4 Å². The highest BCUT2D eigenvalue weighted by atomic mass is 16.7. The van der Waals surface area contributed by atoms with Gasteiger partial charge in [-0.3, -0.25) is 4.90 Å². The molecule has 0 bridgehead atoms. The Morgan fingerprint density at radius 1 is 1.19 bits per heavy atom. The number of hydrogen-bond donors (Lipinski definition) is 0. The molecule has 0 amide bonds. The molecule has 0 radical (unpaired) electrons. The topological polar surface area (TPSA) is 74.3 Å².